The fraction of sp³-hybridized carbons (Fsp3) is 0.172. The molecule has 0 saturated heterocycles. The summed E-state index contributed by atoms with van der Waals surface area (Å²) in [5, 5.41) is 4.53. The van der Waals surface area contributed by atoms with Crippen molar-refractivity contribution in [2.24, 2.45) is 0 Å². The Morgan fingerprint density at radius 2 is 2.00 bits per heavy atom. The van der Waals surface area contributed by atoms with E-state index in [0.29, 0.717) is 41.2 Å². The van der Waals surface area contributed by atoms with Gasteiger partial charge in [-0.15, -0.1) is 11.3 Å². The average Bonchev–Trinajstić information content (AvgIpc) is 3.52. The summed E-state index contributed by atoms with van der Waals surface area (Å²) in [5.74, 6) is -0.620. The van der Waals surface area contributed by atoms with Gasteiger partial charge >= 0.3 is 0 Å². The van der Waals surface area contributed by atoms with Gasteiger partial charge in [-0.2, -0.15) is 0 Å². The lowest BCUT2D eigenvalue weighted by molar-refractivity contribution is 0.0809. The second-order valence-electron chi connectivity index (χ2n) is 8.99. The van der Waals surface area contributed by atoms with Crippen molar-refractivity contribution in [3.8, 4) is 33.6 Å². The third kappa shape index (κ3) is 4.98. The molecule has 0 fully saturated rings. The lowest BCUT2D eigenvalue weighted by atomic mass is 10.1. The highest BCUT2D eigenvalue weighted by Gasteiger charge is 2.25. The minimum Gasteiger partial charge on any atom is -0.491 e. The Labute approximate surface area is 236 Å². The summed E-state index contributed by atoms with van der Waals surface area (Å²) < 4.78 is 39.0. The van der Waals surface area contributed by atoms with E-state index in [9.17, 15) is 9.59 Å². The van der Waals surface area contributed by atoms with Crippen LogP contribution in [0.3, 0.4) is 0 Å². The van der Waals surface area contributed by atoms with Crippen molar-refractivity contribution >= 4 is 34.0 Å². The molecule has 0 unspecified atom stereocenters. The van der Waals surface area contributed by atoms with E-state index in [1.165, 1.54) is 43.9 Å². The molecule has 0 aliphatic carbocycles. The highest BCUT2D eigenvalue weighted by molar-refractivity contribution is 7.13. The molecule has 1 aliphatic heterocycles. The second kappa shape index (κ2) is 11.0. The zero-order valence-corrected chi connectivity index (χ0v) is 22.8. The molecule has 12 heteroatoms. The highest BCUT2D eigenvalue weighted by Crippen LogP contribution is 2.35. The Balaban J connectivity index is 1.29. The monoisotopic (exact) mass is 574 g/mol. The van der Waals surface area contributed by atoms with E-state index in [-0.39, 0.29) is 35.2 Å². The first-order valence-electron chi connectivity index (χ1n) is 12.5. The third-order valence-electron chi connectivity index (χ3n) is 6.55. The molecule has 6 rings (SSSR count). The lowest BCUT2D eigenvalue weighted by Gasteiger charge is -2.23. The van der Waals surface area contributed by atoms with Crippen LogP contribution in [0.15, 0.2) is 65.0 Å². The predicted octanol–water partition coefficient (Wildman–Crippen LogP) is 5.25. The number of carbonyl (C=O) groups excluding carboxylic acids is 1. The average molecular weight is 575 g/mol. The van der Waals surface area contributed by atoms with E-state index >= 15 is 4.39 Å². The molecule has 5 aromatic rings. The number of ether oxygens (including phenoxy) is 4. The maximum Gasteiger partial charge on any atom is 0.261 e. The topological polar surface area (TPSA) is 114 Å². The smallest absolute Gasteiger partial charge is 0.261 e. The number of hydrogen-bond acceptors (Lipinski definition) is 9. The molecule has 0 bridgehead atoms. The molecule has 10 nitrogen and oxygen atoms in total. The Kier molecular flexibility index (Phi) is 7.08. The van der Waals surface area contributed by atoms with Crippen LogP contribution in [0, 0.1) is 5.82 Å². The first-order valence-corrected chi connectivity index (χ1v) is 13.4. The number of halogens is 1. The number of nitrogens with zero attached hydrogens (tertiary/aromatic N) is 3. The van der Waals surface area contributed by atoms with Gasteiger partial charge in [0.05, 0.1) is 44.2 Å². The molecular weight excluding hydrogens is 551 g/mol. The largest absolute Gasteiger partial charge is 0.491 e. The molecule has 0 saturated carbocycles. The number of rotatable bonds is 7. The Hall–Kier alpha value is -4.81. The number of carbonyl (C=O) groups is 1. The van der Waals surface area contributed by atoms with Crippen LogP contribution in [0.25, 0.3) is 21.5 Å². The summed E-state index contributed by atoms with van der Waals surface area (Å²) in [4.78, 5) is 36.3. The zero-order chi connectivity index (χ0) is 28.5. The fourth-order valence-corrected chi connectivity index (χ4v) is 5.32. The molecule has 1 aromatic carbocycles. The fourth-order valence-electron chi connectivity index (χ4n) is 4.59. The van der Waals surface area contributed by atoms with Crippen molar-refractivity contribution in [1.82, 2.24) is 14.5 Å². The van der Waals surface area contributed by atoms with Crippen molar-refractivity contribution < 1.29 is 28.1 Å². The van der Waals surface area contributed by atoms with Crippen molar-refractivity contribution in [2.45, 2.75) is 13.2 Å². The number of pyridine rings is 3. The van der Waals surface area contributed by atoms with Gasteiger partial charge in [0.15, 0.2) is 23.1 Å². The summed E-state index contributed by atoms with van der Waals surface area (Å²) in [7, 11) is 2.94. The number of aromatic nitrogens is 3. The van der Waals surface area contributed by atoms with Crippen molar-refractivity contribution in [2.75, 3.05) is 26.1 Å². The Morgan fingerprint density at radius 3 is 2.76 bits per heavy atom. The molecule has 208 valence electrons. The summed E-state index contributed by atoms with van der Waals surface area (Å²) >= 11 is 1.41. The molecule has 0 spiro atoms. The Morgan fingerprint density at radius 1 is 1.12 bits per heavy atom. The van der Waals surface area contributed by atoms with Crippen LogP contribution in [0.5, 0.6) is 23.1 Å². The number of methoxy groups -OCH3 is 2. The number of nitrogens with one attached hydrogen (secondary N) is 1. The molecular formula is C29H23FN4O6S. The van der Waals surface area contributed by atoms with E-state index in [2.05, 4.69) is 15.3 Å². The van der Waals surface area contributed by atoms with Gasteiger partial charge in [-0.3, -0.25) is 14.6 Å². The minimum absolute atomic E-state index is 0.0324. The highest BCUT2D eigenvalue weighted by atomic mass is 32.1. The van der Waals surface area contributed by atoms with E-state index in [4.69, 9.17) is 18.9 Å². The molecule has 1 N–H and O–H groups in total. The van der Waals surface area contributed by atoms with E-state index in [1.807, 2.05) is 22.1 Å². The van der Waals surface area contributed by atoms with Gasteiger partial charge in [0.25, 0.3) is 11.8 Å². The van der Waals surface area contributed by atoms with E-state index in [1.54, 1.807) is 18.3 Å². The van der Waals surface area contributed by atoms with Gasteiger partial charge in [0.1, 0.15) is 11.1 Å². The number of hydrogen-bond donors (Lipinski definition) is 1. The van der Waals surface area contributed by atoms with Crippen molar-refractivity contribution in [3.63, 3.8) is 0 Å². The zero-order valence-electron chi connectivity index (χ0n) is 22.0. The van der Waals surface area contributed by atoms with Gasteiger partial charge < -0.3 is 28.8 Å². The maximum absolute atomic E-state index is 15.2. The van der Waals surface area contributed by atoms with Crippen molar-refractivity contribution in [1.29, 1.82) is 0 Å². The molecule has 0 radical (unpaired) electrons. The van der Waals surface area contributed by atoms with Crippen LogP contribution in [0.2, 0.25) is 0 Å². The van der Waals surface area contributed by atoms with Crippen LogP contribution < -0.4 is 25.0 Å². The van der Waals surface area contributed by atoms with E-state index in [0.717, 1.165) is 10.9 Å². The molecule has 4 aromatic heterocycles. The van der Waals surface area contributed by atoms with Crippen LogP contribution in [0.1, 0.15) is 16.1 Å². The summed E-state index contributed by atoms with van der Waals surface area (Å²) in [6.45, 7) is 1.09. The number of thiophene rings is 1. The summed E-state index contributed by atoms with van der Waals surface area (Å²) in [5.41, 5.74) is 1.43. The SMILES string of the molecule is COc1cc2nccc(Oc3ccc(NC(=O)c4c5n(cc(-c6cccs6)c4=O)CCOC5)cc3F)c2nc1OC. The van der Waals surface area contributed by atoms with Gasteiger partial charge in [-0.05, 0) is 23.6 Å². The van der Waals surface area contributed by atoms with Gasteiger partial charge in [-0.1, -0.05) is 6.07 Å². The predicted molar refractivity (Wildman–Crippen MR) is 151 cm³/mol. The van der Waals surface area contributed by atoms with Crippen LogP contribution in [-0.2, 0) is 17.9 Å². The van der Waals surface area contributed by atoms with Gasteiger partial charge in [0.2, 0.25) is 5.43 Å². The summed E-state index contributed by atoms with van der Waals surface area (Å²) in [6, 6.07) is 10.9. The molecule has 0 atom stereocenters. The second-order valence-corrected chi connectivity index (χ2v) is 9.94. The quantitative estimate of drug-likeness (QED) is 0.280. The Bertz CT molecular complexity index is 1840. The molecule has 1 amide bonds. The van der Waals surface area contributed by atoms with Crippen LogP contribution in [0.4, 0.5) is 10.1 Å². The van der Waals surface area contributed by atoms with Gasteiger partial charge in [0, 0.05) is 47.7 Å². The van der Waals surface area contributed by atoms with Gasteiger partial charge in [-0.25, -0.2) is 9.37 Å². The number of anilines is 1. The lowest BCUT2D eigenvalue weighted by Crippen LogP contribution is -2.31. The summed E-state index contributed by atoms with van der Waals surface area (Å²) in [6.07, 6.45) is 3.27. The van der Waals surface area contributed by atoms with E-state index < -0.39 is 17.2 Å². The number of fused-ring (bicyclic) bond motifs is 2. The maximum atomic E-state index is 15.2. The van der Waals surface area contributed by atoms with Crippen LogP contribution in [-0.4, -0.2) is 41.3 Å². The minimum atomic E-state index is -0.734. The van der Waals surface area contributed by atoms with Crippen LogP contribution >= 0.6 is 11.3 Å². The normalized spacial score (nSPS) is 12.6. The van der Waals surface area contributed by atoms with Crippen molar-refractivity contribution in [3.05, 3.63) is 87.5 Å². The molecule has 1 aliphatic rings. The first-order chi connectivity index (χ1) is 20.0. The number of benzene rings is 1. The molecule has 41 heavy (non-hydrogen) atoms. The number of amides is 1. The standard InChI is InChI=1S/C29H23FN4O6S/c1-37-23-13-19-26(33-29(23)38-2)22(7-8-31-19)40-21-6-5-16(12-18(21)30)32-28(36)25-20-15-39-10-9-34(20)14-17(27(25)35)24-4-3-11-41-24/h3-8,11-14H,9-10,15H2,1-2H3,(H,32,36). The third-order valence-corrected chi connectivity index (χ3v) is 7.45. The first kappa shape index (κ1) is 26.4. The molecule has 5 heterocycles.